The van der Waals surface area contributed by atoms with Gasteiger partial charge in [-0.25, -0.2) is 4.79 Å². The van der Waals surface area contributed by atoms with Crippen molar-refractivity contribution in [2.45, 2.75) is 39.2 Å². The van der Waals surface area contributed by atoms with Crippen molar-refractivity contribution < 1.29 is 19.0 Å². The normalized spacial score (nSPS) is 15.6. The number of para-hydroxylation sites is 2. The van der Waals surface area contributed by atoms with Gasteiger partial charge in [-0.1, -0.05) is 50.6 Å². The molecule has 0 bridgehead atoms. The van der Waals surface area contributed by atoms with E-state index in [1.165, 1.54) is 5.56 Å². The van der Waals surface area contributed by atoms with Crippen LogP contribution in [0, 0.1) is 6.92 Å². The molecule has 0 aromatic heterocycles. The van der Waals surface area contributed by atoms with Crippen LogP contribution in [0.5, 0.6) is 17.2 Å². The minimum atomic E-state index is -0.313. The summed E-state index contributed by atoms with van der Waals surface area (Å²) in [4.78, 5) is 12.1. The molecule has 0 fully saturated rings. The Morgan fingerprint density at radius 1 is 1.14 bits per heavy atom. The second kappa shape index (κ2) is 8.42. The first-order valence-corrected chi connectivity index (χ1v) is 9.47. The fourth-order valence-corrected chi connectivity index (χ4v) is 2.97. The Hall–Kier alpha value is -2.89. The summed E-state index contributed by atoms with van der Waals surface area (Å²) in [6, 6.07) is 13.2. The molecule has 150 valence electrons. The molecule has 0 saturated carbocycles. The quantitative estimate of drug-likeness (QED) is 0.770. The van der Waals surface area contributed by atoms with E-state index in [2.05, 4.69) is 44.4 Å². The molecule has 0 radical (unpaired) electrons. The van der Waals surface area contributed by atoms with Crippen molar-refractivity contribution in [1.82, 2.24) is 10.6 Å². The van der Waals surface area contributed by atoms with E-state index in [0.29, 0.717) is 18.9 Å². The molecule has 2 aromatic carbocycles. The number of carbonyl (C=O) groups is 1. The van der Waals surface area contributed by atoms with Crippen molar-refractivity contribution >= 4 is 6.03 Å². The Balaban J connectivity index is 1.45. The number of aryl methyl sites for hydroxylation is 1. The summed E-state index contributed by atoms with van der Waals surface area (Å²) in [5.74, 6) is 2.20. The fourth-order valence-electron chi connectivity index (χ4n) is 2.97. The van der Waals surface area contributed by atoms with E-state index >= 15 is 0 Å². The zero-order valence-corrected chi connectivity index (χ0v) is 16.9. The number of amides is 2. The molecular formula is C22H28N2O4. The van der Waals surface area contributed by atoms with Crippen LogP contribution in [0.2, 0.25) is 0 Å². The van der Waals surface area contributed by atoms with Gasteiger partial charge in [0.15, 0.2) is 24.3 Å². The van der Waals surface area contributed by atoms with Crippen LogP contribution in [0.25, 0.3) is 0 Å². The molecule has 0 aliphatic carbocycles. The van der Waals surface area contributed by atoms with Gasteiger partial charge < -0.3 is 24.8 Å². The molecule has 2 N–H and O–H groups in total. The average molecular weight is 384 g/mol. The zero-order valence-electron chi connectivity index (χ0n) is 16.9. The molecule has 1 aliphatic heterocycles. The Labute approximate surface area is 166 Å². The third kappa shape index (κ3) is 5.09. The average Bonchev–Trinajstić information content (AvgIpc) is 2.66. The minimum Gasteiger partial charge on any atom is -0.486 e. The number of hydrogen-bond acceptors (Lipinski definition) is 4. The molecule has 0 spiro atoms. The standard InChI is InChI=1S/C22H28N2O4/c1-15-9-10-18(17(11-15)22(2,3)4)27-14-24-21(25)23-12-16-13-26-19-7-5-6-8-20(19)28-16/h5-11,16H,12-14H2,1-4H3,(H2,23,24,25). The maximum atomic E-state index is 12.1. The molecule has 2 amide bonds. The maximum absolute atomic E-state index is 12.1. The van der Waals surface area contributed by atoms with Gasteiger partial charge in [0, 0.05) is 0 Å². The highest BCUT2D eigenvalue weighted by atomic mass is 16.6. The van der Waals surface area contributed by atoms with E-state index in [1.54, 1.807) is 0 Å². The van der Waals surface area contributed by atoms with Crippen LogP contribution in [0.3, 0.4) is 0 Å². The van der Waals surface area contributed by atoms with Gasteiger partial charge in [-0.2, -0.15) is 0 Å². The Morgan fingerprint density at radius 3 is 2.64 bits per heavy atom. The first-order chi connectivity index (χ1) is 13.3. The van der Waals surface area contributed by atoms with Gasteiger partial charge >= 0.3 is 6.03 Å². The summed E-state index contributed by atoms with van der Waals surface area (Å²) in [5.41, 5.74) is 2.25. The highest BCUT2D eigenvalue weighted by Gasteiger charge is 2.21. The number of benzene rings is 2. The highest BCUT2D eigenvalue weighted by molar-refractivity contribution is 5.73. The van der Waals surface area contributed by atoms with Gasteiger partial charge in [0.1, 0.15) is 12.4 Å². The van der Waals surface area contributed by atoms with Crippen molar-refractivity contribution in [3.63, 3.8) is 0 Å². The summed E-state index contributed by atoms with van der Waals surface area (Å²) in [5, 5.41) is 5.50. The highest BCUT2D eigenvalue weighted by Crippen LogP contribution is 2.32. The molecule has 1 unspecified atom stereocenters. The first kappa shape index (κ1) is 19.9. The van der Waals surface area contributed by atoms with Crippen molar-refractivity contribution in [1.29, 1.82) is 0 Å². The van der Waals surface area contributed by atoms with Gasteiger partial charge in [0.2, 0.25) is 0 Å². The lowest BCUT2D eigenvalue weighted by Gasteiger charge is -2.26. The van der Waals surface area contributed by atoms with Crippen molar-refractivity contribution in [2.24, 2.45) is 0 Å². The second-order valence-corrected chi connectivity index (χ2v) is 7.92. The topological polar surface area (TPSA) is 68.8 Å². The number of urea groups is 1. The van der Waals surface area contributed by atoms with E-state index < -0.39 is 0 Å². The van der Waals surface area contributed by atoms with E-state index in [1.807, 2.05) is 36.4 Å². The van der Waals surface area contributed by atoms with Gasteiger partial charge in [-0.05, 0) is 36.1 Å². The smallest absolute Gasteiger partial charge is 0.317 e. The summed E-state index contributed by atoms with van der Waals surface area (Å²) in [7, 11) is 0. The molecule has 6 nitrogen and oxygen atoms in total. The third-order valence-electron chi connectivity index (χ3n) is 4.46. The van der Waals surface area contributed by atoms with E-state index in [-0.39, 0.29) is 24.3 Å². The van der Waals surface area contributed by atoms with E-state index in [9.17, 15) is 4.79 Å². The summed E-state index contributed by atoms with van der Waals surface area (Å²) < 4.78 is 17.3. The van der Waals surface area contributed by atoms with Gasteiger partial charge in [0.05, 0.1) is 6.54 Å². The summed E-state index contributed by atoms with van der Waals surface area (Å²) >= 11 is 0. The molecule has 28 heavy (non-hydrogen) atoms. The number of rotatable bonds is 5. The third-order valence-corrected chi connectivity index (χ3v) is 4.46. The van der Waals surface area contributed by atoms with E-state index in [4.69, 9.17) is 14.2 Å². The van der Waals surface area contributed by atoms with Crippen LogP contribution >= 0.6 is 0 Å². The van der Waals surface area contributed by atoms with Gasteiger partial charge in [-0.3, -0.25) is 0 Å². The largest absolute Gasteiger partial charge is 0.486 e. The molecule has 2 aromatic rings. The molecule has 6 heteroatoms. The fraction of sp³-hybridized carbons (Fsp3) is 0.409. The Kier molecular flexibility index (Phi) is 5.97. The molecule has 1 heterocycles. The number of ether oxygens (including phenoxy) is 3. The zero-order chi connectivity index (χ0) is 20.1. The lowest BCUT2D eigenvalue weighted by Crippen LogP contribution is -2.45. The van der Waals surface area contributed by atoms with Gasteiger partial charge in [-0.15, -0.1) is 0 Å². The summed E-state index contributed by atoms with van der Waals surface area (Å²) in [6.07, 6.45) is -0.230. The van der Waals surface area contributed by atoms with Crippen LogP contribution in [-0.4, -0.2) is 32.0 Å². The van der Waals surface area contributed by atoms with Gasteiger partial charge in [0.25, 0.3) is 0 Å². The van der Waals surface area contributed by atoms with Crippen molar-refractivity contribution in [3.8, 4) is 17.2 Å². The van der Waals surface area contributed by atoms with Crippen LogP contribution in [0.15, 0.2) is 42.5 Å². The maximum Gasteiger partial charge on any atom is 0.317 e. The molecule has 1 atom stereocenters. The van der Waals surface area contributed by atoms with Crippen LogP contribution in [-0.2, 0) is 5.41 Å². The molecule has 3 rings (SSSR count). The second-order valence-electron chi connectivity index (χ2n) is 7.92. The number of nitrogens with one attached hydrogen (secondary N) is 2. The SMILES string of the molecule is Cc1ccc(OCNC(=O)NCC2COc3ccccc3O2)c(C(C)(C)C)c1. The minimum absolute atomic E-state index is 0.0434. The van der Waals surface area contributed by atoms with Crippen LogP contribution in [0.4, 0.5) is 4.79 Å². The predicted molar refractivity (Wildman–Crippen MR) is 108 cm³/mol. The van der Waals surface area contributed by atoms with E-state index in [0.717, 1.165) is 17.1 Å². The number of carbonyl (C=O) groups excluding carboxylic acids is 1. The molecular weight excluding hydrogens is 356 g/mol. The Morgan fingerprint density at radius 2 is 1.89 bits per heavy atom. The lowest BCUT2D eigenvalue weighted by atomic mass is 9.85. The Bertz CT molecular complexity index is 830. The monoisotopic (exact) mass is 384 g/mol. The molecule has 1 aliphatic rings. The first-order valence-electron chi connectivity index (χ1n) is 9.47. The van der Waals surface area contributed by atoms with Crippen molar-refractivity contribution in [2.75, 3.05) is 19.9 Å². The molecule has 0 saturated heterocycles. The number of fused-ring (bicyclic) bond motifs is 1. The predicted octanol–water partition coefficient (Wildman–Crippen LogP) is 3.77. The lowest BCUT2D eigenvalue weighted by molar-refractivity contribution is 0.0915. The van der Waals surface area contributed by atoms with Crippen LogP contribution in [0.1, 0.15) is 31.9 Å². The van der Waals surface area contributed by atoms with Crippen LogP contribution < -0.4 is 24.8 Å². The number of hydrogen-bond donors (Lipinski definition) is 2. The summed E-state index contributed by atoms with van der Waals surface area (Å²) in [6.45, 7) is 9.30. The van der Waals surface area contributed by atoms with Crippen molar-refractivity contribution in [3.05, 3.63) is 53.6 Å².